The van der Waals surface area contributed by atoms with Gasteiger partial charge in [0.2, 0.25) is 17.8 Å². The molecule has 0 radical (unpaired) electrons. The zero-order chi connectivity index (χ0) is 98.8. The minimum absolute atomic E-state index is 0.0132. The third kappa shape index (κ3) is 18.6. The first-order chi connectivity index (χ1) is 65.7. The van der Waals surface area contributed by atoms with Crippen molar-refractivity contribution in [2.75, 3.05) is 73.3 Å². The number of nitrogens with two attached hydrogens (primary N) is 6. The standard InChI is InChI=1S/C24H26N8O13P2.C21H25FN10O12P2.C21H26N10O13P2/c1-2-9-5-31(18-12(9)10(25)3-4-27-18)21-14(33)16-11(42-21)6-41-47(38,39)45-17-15(34)23(40-8-46(36,37)44-16)43-22(17)32-7-28-13-19(32)29-24(26)30-20(13)35;1-6-27-14(23)9-15(28-6)31(3-25-9)18-8(22)12-7(41-18)2-40-46(37,38)44-13-11(33)20(39-5-45(35,36)43-12)42-19(13)32-4-26-10-16(32)29-21(24)30-17(10)34;1-6-26-14(22)8-15(27-6)30(3-24-8)18-10(32)12-7(41-18)2-40-46(37,38)44-13-11(33)20(39-5-45(35,36)43-12)42-19(13)31-4-25-9-16(31)28-21(23)29-17(9)34/h1,3-5,7,11,14-17,21-23,33-34H,6,8H2,(H2,25,27)(H,36,37)(H,38,39)(H3,26,29,30,35);3-4,7-8,11-13,18-20,33H,2,5H2,1H3,(H,35,36)(H,37,38)(H2,23,27,28)(H3,24,29,30,34);3-4,7,10-13,18-20,32-33H,2,5H2,1H3,(H,35,36)(H,37,38)(H2,22,26,27)(H3,23,28,29,34)/t11-,14?,15-,16+,17?,21-,22-,23+;7-,8?,11-,12+,13?,18-,19-,20+;7-,10?,11-,12+,13?,18-,19-,20+/m111/s1. The van der Waals surface area contributed by atoms with Crippen molar-refractivity contribution < 1.29 is 170 Å². The SMILES string of the molecule is C#Cc1cn([C@@H]2O[C@@H]3COP(=O)(O)OC4[C@@H](O)[C@@H](OCP(=O)(O)O[C@@H]3C2O)O[C@H]4n2cnc3c(=O)[nH]c(N)nc32)c2nccc(N)c12.Cc1nc(N)c2ncn([C@@H]3O[C@@H]4COP(=O)(O)OC5[C@@H](O)[C@@H](OCP(=O)(O)O[C@@H]4C3F)O[C@H]5n3cnc4c(=O)[nH]c(N)nc43)c2n1.Cc1nc(N)c2ncn([C@@H]3O[C@@H]4COP(=O)(O)OC5[C@@H](O)[C@@H](OCP(=O)(O)O[C@@H]4C3O)O[C@H]5n3cnc4c(=O)[nH]c(N)nc43)c2n1. The molecule has 9 aliphatic heterocycles. The van der Waals surface area contributed by atoms with Gasteiger partial charge in [-0.2, -0.15) is 15.0 Å². The fourth-order valence-corrected chi connectivity index (χ4v) is 22.4. The zero-order valence-corrected chi connectivity index (χ0v) is 75.6. The number of rotatable bonds is 6. The molecule has 26 N–H and O–H groups in total. The number of fused-ring (bicyclic) bond motifs is 15. The average Bonchev–Trinajstić information content (AvgIpc) is 1.63. The van der Waals surface area contributed by atoms with Crippen LogP contribution in [0.25, 0.3) is 66.9 Å². The van der Waals surface area contributed by atoms with Gasteiger partial charge in [-0.25, -0.2) is 67.9 Å². The molecule has 0 aliphatic carbocycles. The van der Waals surface area contributed by atoms with Crippen LogP contribution < -0.4 is 51.1 Å². The van der Waals surface area contributed by atoms with E-state index < -0.39 is 250 Å². The summed E-state index contributed by atoms with van der Waals surface area (Å²) in [6.45, 7) is 0.560. The summed E-state index contributed by atoms with van der Waals surface area (Å²) >= 11 is 0. The molecule has 6 bridgehead atoms. The second-order valence-electron chi connectivity index (χ2n) is 31.8. The molecule has 30 atom stereocenters. The third-order valence-corrected chi connectivity index (χ3v) is 28.5. The number of alkyl halides is 1. The largest absolute Gasteiger partial charge is 0.472 e. The Morgan fingerprint density at radius 3 is 1.10 bits per heavy atom. The van der Waals surface area contributed by atoms with E-state index in [1.54, 1.807) is 13.8 Å². The highest BCUT2D eigenvalue weighted by Gasteiger charge is 2.60. The summed E-state index contributed by atoms with van der Waals surface area (Å²) in [5.74, 6) is 2.18. The van der Waals surface area contributed by atoms with E-state index in [4.69, 9.17) is 124 Å². The van der Waals surface area contributed by atoms with E-state index in [2.05, 4.69) is 85.7 Å². The van der Waals surface area contributed by atoms with Gasteiger partial charge in [0.25, 0.3) is 16.7 Å². The Hall–Kier alpha value is -10.6. The highest BCUT2D eigenvalue weighted by Crippen LogP contribution is 2.59. The van der Waals surface area contributed by atoms with E-state index >= 15 is 4.39 Å². The van der Waals surface area contributed by atoms with Gasteiger partial charge in [0, 0.05) is 18.1 Å². The Bertz CT molecular complexity index is 7130. The highest BCUT2D eigenvalue weighted by molar-refractivity contribution is 7.53. The molecule has 9 aliphatic rings. The number of nitrogens with one attached hydrogen (secondary N) is 3. The number of ether oxygens (including phenoxy) is 9. The number of nitrogen functional groups attached to an aromatic ring is 6. The minimum Gasteiger partial charge on any atom is -0.398 e. The number of anilines is 6. The molecule has 0 aromatic carbocycles. The number of imidazole rings is 5. The van der Waals surface area contributed by atoms with E-state index in [1.165, 1.54) is 40.2 Å². The molecular formula is C66H77FN28O38P6. The lowest BCUT2D eigenvalue weighted by molar-refractivity contribution is -0.168. The van der Waals surface area contributed by atoms with E-state index in [-0.39, 0.29) is 103 Å². The fraction of sp³-hybridized carbons (Fsp3) is 0.485. The molecule has 73 heteroatoms. The van der Waals surface area contributed by atoms with Gasteiger partial charge in [-0.3, -0.25) is 107 Å². The van der Waals surface area contributed by atoms with Crippen LogP contribution >= 0.6 is 46.3 Å². The maximum absolute atomic E-state index is 16.0. The molecule has 21 rings (SSSR count). The zero-order valence-electron chi connectivity index (χ0n) is 70.3. The third-order valence-electron chi connectivity index (χ3n) is 22.4. The number of hydrogen-bond donors (Lipinski definition) is 20. The van der Waals surface area contributed by atoms with Crippen LogP contribution in [0.2, 0.25) is 0 Å². The number of phosphoric acid groups is 3. The molecule has 139 heavy (non-hydrogen) atoms. The predicted octanol–water partition coefficient (Wildman–Crippen LogP) is -4.24. The molecular weight excluding hydrogens is 2000 g/mol. The first-order valence-electron chi connectivity index (χ1n) is 40.3. The predicted molar refractivity (Wildman–Crippen MR) is 451 cm³/mol. The summed E-state index contributed by atoms with van der Waals surface area (Å²) in [6.07, 6.45) is -29.6. The van der Waals surface area contributed by atoms with Crippen molar-refractivity contribution in [3.05, 3.63) is 98.4 Å². The van der Waals surface area contributed by atoms with Crippen molar-refractivity contribution in [2.24, 2.45) is 0 Å². The Morgan fingerprint density at radius 1 is 0.403 bits per heavy atom. The fourth-order valence-electron chi connectivity index (χ4n) is 16.5. The Labute approximate surface area is 768 Å². The lowest BCUT2D eigenvalue weighted by Gasteiger charge is -2.26. The van der Waals surface area contributed by atoms with Gasteiger partial charge in [0.15, 0.2) is 138 Å². The van der Waals surface area contributed by atoms with Crippen LogP contribution in [-0.2, 0) is 111 Å². The van der Waals surface area contributed by atoms with E-state index in [9.17, 15) is 96.7 Å². The molecule has 12 unspecified atom stereocenters. The van der Waals surface area contributed by atoms with Crippen LogP contribution in [0.5, 0.6) is 0 Å². The van der Waals surface area contributed by atoms with Crippen LogP contribution in [0.4, 0.5) is 39.6 Å². The summed E-state index contributed by atoms with van der Waals surface area (Å²) in [5.41, 5.74) is 33.1. The van der Waals surface area contributed by atoms with Crippen LogP contribution in [0.15, 0.2) is 64.5 Å². The smallest absolute Gasteiger partial charge is 0.398 e. The van der Waals surface area contributed by atoms with Gasteiger partial charge in [0.1, 0.15) is 114 Å². The molecule has 0 spiro atoms. The number of pyridine rings is 1. The molecule has 9 fully saturated rings. The lowest BCUT2D eigenvalue weighted by Crippen LogP contribution is -2.36. The average molecular weight is 2080 g/mol. The molecule has 66 nitrogen and oxygen atoms in total. The molecule has 12 aromatic heterocycles. The molecule has 0 amide bonds. The number of aliphatic hydroxyl groups excluding tert-OH is 5. The number of hydrogen-bond acceptors (Lipinski definition) is 51. The molecule has 12 aromatic rings. The van der Waals surface area contributed by atoms with Crippen molar-refractivity contribution in [3.8, 4) is 12.3 Å². The number of halogens is 1. The molecule has 746 valence electrons. The highest BCUT2D eigenvalue weighted by atomic mass is 31.2. The number of aryl methyl sites for hydroxylation is 2. The molecule has 21 heterocycles. The van der Waals surface area contributed by atoms with Crippen LogP contribution in [0.3, 0.4) is 0 Å². The molecule has 0 saturated carbocycles. The number of aromatic nitrogens is 22. The quantitative estimate of drug-likeness (QED) is 0.0554. The maximum Gasteiger partial charge on any atom is 0.472 e. The Balaban J connectivity index is 0.000000133. The Morgan fingerprint density at radius 2 is 0.727 bits per heavy atom. The topological polar surface area (TPSA) is 943 Å². The number of H-pyrrole nitrogens is 3. The minimum atomic E-state index is -5.18. The van der Waals surface area contributed by atoms with Crippen molar-refractivity contribution >= 4 is 148 Å². The van der Waals surface area contributed by atoms with Crippen molar-refractivity contribution in [1.82, 2.24) is 107 Å². The summed E-state index contributed by atoms with van der Waals surface area (Å²) in [4.78, 5) is 161. The van der Waals surface area contributed by atoms with Crippen molar-refractivity contribution in [1.29, 1.82) is 0 Å². The van der Waals surface area contributed by atoms with Crippen LogP contribution in [-0.4, -0.2) is 311 Å². The van der Waals surface area contributed by atoms with Crippen LogP contribution in [0, 0.1) is 26.2 Å². The summed E-state index contributed by atoms with van der Waals surface area (Å²) in [6, 6.07) is 1.52. The van der Waals surface area contributed by atoms with E-state index in [1.807, 2.05) is 0 Å². The number of terminal acetylenes is 1. The second kappa shape index (κ2) is 36.4. The van der Waals surface area contributed by atoms with Gasteiger partial charge >= 0.3 is 46.3 Å². The monoisotopic (exact) mass is 2070 g/mol. The number of aliphatic hydroxyl groups is 5. The van der Waals surface area contributed by atoms with E-state index in [0.717, 1.165) is 37.3 Å². The first-order valence-corrected chi connectivity index (χ1v) is 50.1. The second-order valence-corrected chi connectivity index (χ2v) is 41.2. The van der Waals surface area contributed by atoms with Crippen molar-refractivity contribution in [2.45, 2.75) is 162 Å². The van der Waals surface area contributed by atoms with Gasteiger partial charge in [-0.1, -0.05) is 5.92 Å². The summed E-state index contributed by atoms with van der Waals surface area (Å²) in [5, 5.41) is 55.8. The number of phosphoric ester groups is 3. The number of nitrogens with zero attached hydrogens (tertiary/aromatic N) is 19. The molecule has 9 saturated heterocycles. The van der Waals surface area contributed by atoms with Crippen LogP contribution in [0.1, 0.15) is 54.6 Å². The van der Waals surface area contributed by atoms with Gasteiger partial charge in [-0.15, -0.1) is 6.42 Å². The first kappa shape index (κ1) is 97.2. The summed E-state index contributed by atoms with van der Waals surface area (Å²) < 4.78 is 200. The Kier molecular flexibility index (Phi) is 25.4. The van der Waals surface area contributed by atoms with Gasteiger partial charge in [-0.05, 0) is 19.9 Å². The van der Waals surface area contributed by atoms with Gasteiger partial charge < -0.3 is 136 Å². The van der Waals surface area contributed by atoms with Crippen molar-refractivity contribution in [3.63, 3.8) is 0 Å². The summed E-state index contributed by atoms with van der Waals surface area (Å²) in [7, 11) is -29.9. The van der Waals surface area contributed by atoms with E-state index in [0.29, 0.717) is 16.6 Å². The number of aromatic amines is 3. The maximum atomic E-state index is 16.0. The van der Waals surface area contributed by atoms with Gasteiger partial charge in [0.05, 0.1) is 62.4 Å². The lowest BCUT2D eigenvalue weighted by atomic mass is 10.1. The normalized spacial score (nSPS) is 36.9.